The zero-order chi connectivity index (χ0) is 16.9. The highest BCUT2D eigenvalue weighted by Crippen LogP contribution is 2.23. The van der Waals surface area contributed by atoms with Crippen molar-refractivity contribution in [2.24, 2.45) is 5.92 Å². The molecule has 0 spiro atoms. The zero-order valence-corrected chi connectivity index (χ0v) is 15.8. The third kappa shape index (κ3) is 4.41. The summed E-state index contributed by atoms with van der Waals surface area (Å²) < 4.78 is 1.84. The fraction of sp³-hybridized carbons (Fsp3) is 0.474. The van der Waals surface area contributed by atoms with Gasteiger partial charge in [0.05, 0.1) is 23.1 Å². The van der Waals surface area contributed by atoms with Gasteiger partial charge in [-0.15, -0.1) is 12.4 Å². The first kappa shape index (κ1) is 19.5. The SMILES string of the molecule is CNCCC1CCN(C(=O)c2cnn(-c3ccccc3)c2C)CC1.Cl. The molecule has 5 nitrogen and oxygen atoms in total. The first-order valence-electron chi connectivity index (χ1n) is 8.74. The lowest BCUT2D eigenvalue weighted by molar-refractivity contribution is 0.0686. The van der Waals surface area contributed by atoms with Gasteiger partial charge in [-0.3, -0.25) is 4.79 Å². The van der Waals surface area contributed by atoms with E-state index in [1.54, 1.807) is 6.20 Å². The number of nitrogens with one attached hydrogen (secondary N) is 1. The maximum Gasteiger partial charge on any atom is 0.257 e. The van der Waals surface area contributed by atoms with Crippen LogP contribution in [0.15, 0.2) is 36.5 Å². The van der Waals surface area contributed by atoms with Crippen molar-refractivity contribution >= 4 is 18.3 Å². The van der Waals surface area contributed by atoms with E-state index in [0.717, 1.165) is 49.8 Å². The molecule has 0 aliphatic carbocycles. The summed E-state index contributed by atoms with van der Waals surface area (Å²) in [4.78, 5) is 14.8. The number of carbonyl (C=O) groups is 1. The average Bonchev–Trinajstić information content (AvgIpc) is 3.02. The maximum absolute atomic E-state index is 12.8. The number of para-hydroxylation sites is 1. The van der Waals surface area contributed by atoms with Gasteiger partial charge in [0.25, 0.3) is 5.91 Å². The van der Waals surface area contributed by atoms with E-state index in [1.807, 2.05) is 53.9 Å². The van der Waals surface area contributed by atoms with Crippen LogP contribution < -0.4 is 5.32 Å². The van der Waals surface area contributed by atoms with Crippen molar-refractivity contribution < 1.29 is 4.79 Å². The van der Waals surface area contributed by atoms with E-state index in [1.165, 1.54) is 6.42 Å². The van der Waals surface area contributed by atoms with E-state index >= 15 is 0 Å². The number of hydrogen-bond donors (Lipinski definition) is 1. The Morgan fingerprint density at radius 2 is 1.92 bits per heavy atom. The number of amides is 1. The van der Waals surface area contributed by atoms with E-state index < -0.39 is 0 Å². The van der Waals surface area contributed by atoms with Crippen LogP contribution >= 0.6 is 12.4 Å². The van der Waals surface area contributed by atoms with E-state index in [2.05, 4.69) is 10.4 Å². The molecule has 2 aromatic rings. The summed E-state index contributed by atoms with van der Waals surface area (Å²) in [7, 11) is 1.99. The van der Waals surface area contributed by atoms with Crippen molar-refractivity contribution in [1.29, 1.82) is 0 Å². The summed E-state index contributed by atoms with van der Waals surface area (Å²) in [6.07, 6.45) is 5.10. The second-order valence-electron chi connectivity index (χ2n) is 6.52. The average molecular weight is 363 g/mol. The fourth-order valence-corrected chi connectivity index (χ4v) is 3.39. The van der Waals surface area contributed by atoms with Crippen molar-refractivity contribution in [3.05, 3.63) is 47.8 Å². The van der Waals surface area contributed by atoms with Gasteiger partial charge in [0.2, 0.25) is 0 Å². The van der Waals surface area contributed by atoms with Crippen LogP contribution in [-0.4, -0.2) is 47.3 Å². The van der Waals surface area contributed by atoms with Crippen LogP contribution in [0.1, 0.15) is 35.3 Å². The number of aromatic nitrogens is 2. The lowest BCUT2D eigenvalue weighted by atomic mass is 9.93. The Hall–Kier alpha value is -1.85. The van der Waals surface area contributed by atoms with Crippen LogP contribution in [0.25, 0.3) is 5.69 Å². The number of nitrogens with zero attached hydrogens (tertiary/aromatic N) is 3. The largest absolute Gasteiger partial charge is 0.339 e. The third-order valence-electron chi connectivity index (χ3n) is 4.95. The molecule has 1 saturated heterocycles. The minimum absolute atomic E-state index is 0. The smallest absolute Gasteiger partial charge is 0.257 e. The molecule has 1 aromatic heterocycles. The first-order chi connectivity index (χ1) is 11.7. The summed E-state index contributed by atoms with van der Waals surface area (Å²) in [5.74, 6) is 0.844. The Labute approximate surface area is 155 Å². The van der Waals surface area contributed by atoms with E-state index in [0.29, 0.717) is 5.56 Å². The monoisotopic (exact) mass is 362 g/mol. The zero-order valence-electron chi connectivity index (χ0n) is 14.9. The Balaban J connectivity index is 0.00000225. The predicted octanol–water partition coefficient (Wildman–Crippen LogP) is 3.06. The van der Waals surface area contributed by atoms with Crippen LogP contribution in [0.5, 0.6) is 0 Å². The van der Waals surface area contributed by atoms with Gasteiger partial charge in [0, 0.05) is 13.1 Å². The number of rotatable bonds is 5. The molecule has 2 heterocycles. The Morgan fingerprint density at radius 1 is 1.24 bits per heavy atom. The molecule has 6 heteroatoms. The Bertz CT molecular complexity index is 678. The van der Waals surface area contributed by atoms with Crippen molar-refractivity contribution in [2.75, 3.05) is 26.7 Å². The van der Waals surface area contributed by atoms with E-state index in [9.17, 15) is 4.79 Å². The molecule has 1 amide bonds. The fourth-order valence-electron chi connectivity index (χ4n) is 3.39. The van der Waals surface area contributed by atoms with E-state index in [4.69, 9.17) is 0 Å². The van der Waals surface area contributed by atoms with Gasteiger partial charge >= 0.3 is 0 Å². The highest BCUT2D eigenvalue weighted by Gasteiger charge is 2.25. The van der Waals surface area contributed by atoms with Crippen LogP contribution in [0, 0.1) is 12.8 Å². The molecule has 25 heavy (non-hydrogen) atoms. The topological polar surface area (TPSA) is 50.2 Å². The van der Waals surface area contributed by atoms with Crippen LogP contribution in [0.4, 0.5) is 0 Å². The van der Waals surface area contributed by atoms with Gasteiger partial charge in [0.1, 0.15) is 0 Å². The highest BCUT2D eigenvalue weighted by molar-refractivity contribution is 5.95. The molecule has 0 unspecified atom stereocenters. The molecule has 3 rings (SSSR count). The number of benzene rings is 1. The lowest BCUT2D eigenvalue weighted by Crippen LogP contribution is -2.39. The summed E-state index contributed by atoms with van der Waals surface area (Å²) in [5, 5.41) is 7.63. The van der Waals surface area contributed by atoms with Gasteiger partial charge < -0.3 is 10.2 Å². The Kier molecular flexibility index (Phi) is 7.02. The van der Waals surface area contributed by atoms with Gasteiger partial charge in [0.15, 0.2) is 0 Å². The second kappa shape index (κ2) is 9.02. The predicted molar refractivity (Wildman–Crippen MR) is 103 cm³/mol. The molecule has 136 valence electrons. The van der Waals surface area contributed by atoms with Gasteiger partial charge in [-0.1, -0.05) is 18.2 Å². The molecular formula is C19H27ClN4O. The molecule has 1 fully saturated rings. The number of halogens is 1. The molecule has 0 atom stereocenters. The number of hydrogen-bond acceptors (Lipinski definition) is 3. The molecule has 1 aliphatic heterocycles. The van der Waals surface area contributed by atoms with E-state index in [-0.39, 0.29) is 18.3 Å². The standard InChI is InChI=1S/C19H26N4O.ClH/c1-15-18(14-21-23(15)17-6-4-3-5-7-17)19(24)22-12-9-16(10-13-22)8-11-20-2;/h3-7,14,16,20H,8-13H2,1-2H3;1H. The summed E-state index contributed by atoms with van der Waals surface area (Å²) in [5.41, 5.74) is 2.61. The quantitative estimate of drug-likeness (QED) is 0.889. The van der Waals surface area contributed by atoms with Gasteiger partial charge in [-0.2, -0.15) is 5.10 Å². The summed E-state index contributed by atoms with van der Waals surface area (Å²) >= 11 is 0. The number of likely N-dealkylation sites (tertiary alicyclic amines) is 1. The summed E-state index contributed by atoms with van der Waals surface area (Å²) in [6.45, 7) is 4.72. The van der Waals surface area contributed by atoms with Crippen molar-refractivity contribution in [3.8, 4) is 5.69 Å². The van der Waals surface area contributed by atoms with Gasteiger partial charge in [-0.25, -0.2) is 4.68 Å². The second-order valence-corrected chi connectivity index (χ2v) is 6.52. The summed E-state index contributed by atoms with van der Waals surface area (Å²) in [6, 6.07) is 9.94. The molecule has 1 N–H and O–H groups in total. The van der Waals surface area contributed by atoms with Gasteiger partial charge in [-0.05, 0) is 57.8 Å². The van der Waals surface area contributed by atoms with Crippen molar-refractivity contribution in [1.82, 2.24) is 20.0 Å². The minimum Gasteiger partial charge on any atom is -0.339 e. The Morgan fingerprint density at radius 3 is 2.56 bits per heavy atom. The molecule has 1 aliphatic rings. The molecule has 1 aromatic carbocycles. The van der Waals surface area contributed by atoms with Crippen molar-refractivity contribution in [2.45, 2.75) is 26.2 Å². The van der Waals surface area contributed by atoms with Crippen LogP contribution in [-0.2, 0) is 0 Å². The number of piperidine rings is 1. The minimum atomic E-state index is 0. The highest BCUT2D eigenvalue weighted by atomic mass is 35.5. The third-order valence-corrected chi connectivity index (χ3v) is 4.95. The molecule has 0 saturated carbocycles. The first-order valence-corrected chi connectivity index (χ1v) is 8.74. The molecule has 0 bridgehead atoms. The lowest BCUT2D eigenvalue weighted by Gasteiger charge is -2.32. The van der Waals surface area contributed by atoms with Crippen molar-refractivity contribution in [3.63, 3.8) is 0 Å². The molecule has 0 radical (unpaired) electrons. The molecular weight excluding hydrogens is 336 g/mol. The van der Waals surface area contributed by atoms with Crippen LogP contribution in [0.2, 0.25) is 0 Å². The van der Waals surface area contributed by atoms with Crippen LogP contribution in [0.3, 0.4) is 0 Å². The maximum atomic E-state index is 12.8. The normalized spacial score (nSPS) is 15.0. The number of carbonyl (C=O) groups excluding carboxylic acids is 1.